The average Bonchev–Trinajstić information content (AvgIpc) is 3.19. The number of ether oxygens (including phenoxy) is 2. The molecular weight excluding hydrogens is 446 g/mol. The Hall–Kier alpha value is -2.36. The van der Waals surface area contributed by atoms with Crippen molar-refractivity contribution in [1.29, 1.82) is 0 Å². The van der Waals surface area contributed by atoms with Crippen LogP contribution in [0.3, 0.4) is 0 Å². The van der Waals surface area contributed by atoms with Gasteiger partial charge in [-0.15, -0.1) is 11.3 Å². The molecule has 0 saturated carbocycles. The van der Waals surface area contributed by atoms with Crippen molar-refractivity contribution < 1.29 is 14.3 Å². The number of hydrogen-bond acceptors (Lipinski definition) is 7. The number of thioether (sulfide) groups is 1. The van der Waals surface area contributed by atoms with Crippen LogP contribution in [0.15, 0.2) is 34.2 Å². The molecule has 9 heteroatoms. The zero-order valence-electron chi connectivity index (χ0n) is 18.3. The molecule has 3 aromatic rings. The Morgan fingerprint density at radius 2 is 2.06 bits per heavy atom. The van der Waals surface area contributed by atoms with Gasteiger partial charge in [0.25, 0.3) is 5.56 Å². The Morgan fingerprint density at radius 3 is 2.88 bits per heavy atom. The molecule has 0 saturated heterocycles. The number of carbonyl (C=O) groups excluding carboxylic acids is 1. The maximum Gasteiger partial charge on any atom is 0.267 e. The van der Waals surface area contributed by atoms with Gasteiger partial charge >= 0.3 is 0 Å². The van der Waals surface area contributed by atoms with E-state index in [2.05, 4.69) is 5.32 Å². The van der Waals surface area contributed by atoms with E-state index in [-0.39, 0.29) is 17.2 Å². The van der Waals surface area contributed by atoms with E-state index in [1.165, 1.54) is 16.6 Å². The maximum atomic E-state index is 13.8. The van der Waals surface area contributed by atoms with E-state index < -0.39 is 0 Å². The smallest absolute Gasteiger partial charge is 0.267 e. The van der Waals surface area contributed by atoms with Gasteiger partial charge in [-0.05, 0) is 49.8 Å². The molecule has 1 amide bonds. The number of aromatic nitrogens is 2. The van der Waals surface area contributed by atoms with Crippen molar-refractivity contribution in [1.82, 2.24) is 14.9 Å². The van der Waals surface area contributed by atoms with Gasteiger partial charge in [-0.3, -0.25) is 14.2 Å². The summed E-state index contributed by atoms with van der Waals surface area (Å²) in [5, 5.41) is 4.09. The standard InChI is InChI=1S/C23H27N3O4S2/c1-29-13-7-12-24-19(27)14-31-23-25-21-20(15-8-3-6-11-18(15)32-21)22(28)26(23)16-9-4-5-10-17(16)30-2/h4-5,9-10H,3,6-8,11-14H2,1-2H3,(H,24,27). The topological polar surface area (TPSA) is 82.5 Å². The molecule has 0 fully saturated rings. The molecule has 0 spiro atoms. The molecule has 0 radical (unpaired) electrons. The van der Waals surface area contributed by atoms with Crippen LogP contribution in [-0.2, 0) is 22.4 Å². The van der Waals surface area contributed by atoms with E-state index in [1.54, 1.807) is 30.1 Å². The van der Waals surface area contributed by atoms with E-state index in [0.717, 1.165) is 42.5 Å². The Bertz CT molecular complexity index is 1170. The SMILES string of the molecule is COCCCNC(=O)CSc1nc2sc3c(c2c(=O)n1-c1ccccc1OC)CCCC3. The fourth-order valence-electron chi connectivity index (χ4n) is 3.94. The largest absolute Gasteiger partial charge is 0.495 e. The van der Waals surface area contributed by atoms with E-state index >= 15 is 0 Å². The van der Waals surface area contributed by atoms with Gasteiger partial charge in [0.05, 0.1) is 23.9 Å². The Morgan fingerprint density at radius 1 is 1.25 bits per heavy atom. The molecule has 1 N–H and O–H groups in total. The molecule has 0 atom stereocenters. The van der Waals surface area contributed by atoms with Crippen LogP contribution in [0.4, 0.5) is 0 Å². The van der Waals surface area contributed by atoms with Crippen LogP contribution >= 0.6 is 23.1 Å². The number of fused-ring (bicyclic) bond motifs is 3. The Balaban J connectivity index is 1.73. The molecular formula is C23H27N3O4S2. The zero-order chi connectivity index (χ0) is 22.5. The quantitative estimate of drug-likeness (QED) is 0.291. The highest BCUT2D eigenvalue weighted by atomic mass is 32.2. The van der Waals surface area contributed by atoms with Gasteiger partial charge in [-0.1, -0.05) is 23.9 Å². The third-order valence-corrected chi connectivity index (χ3v) is 7.59. The predicted octanol–water partition coefficient (Wildman–Crippen LogP) is 3.58. The summed E-state index contributed by atoms with van der Waals surface area (Å²) in [6.45, 7) is 1.15. The molecule has 2 heterocycles. The number of hydrogen-bond donors (Lipinski definition) is 1. The van der Waals surface area contributed by atoms with Crippen LogP contribution in [0.1, 0.15) is 29.7 Å². The predicted molar refractivity (Wildman–Crippen MR) is 129 cm³/mol. The lowest BCUT2D eigenvalue weighted by Gasteiger charge is -2.15. The van der Waals surface area contributed by atoms with Crippen molar-refractivity contribution in [2.24, 2.45) is 0 Å². The summed E-state index contributed by atoms with van der Waals surface area (Å²) in [5.41, 5.74) is 1.68. The lowest BCUT2D eigenvalue weighted by atomic mass is 9.97. The van der Waals surface area contributed by atoms with Crippen molar-refractivity contribution in [2.75, 3.05) is 33.1 Å². The summed E-state index contributed by atoms with van der Waals surface area (Å²) in [4.78, 5) is 33.0. The zero-order valence-corrected chi connectivity index (χ0v) is 19.9. The molecule has 0 unspecified atom stereocenters. The highest BCUT2D eigenvalue weighted by Crippen LogP contribution is 2.36. The molecule has 32 heavy (non-hydrogen) atoms. The highest BCUT2D eigenvalue weighted by molar-refractivity contribution is 7.99. The van der Waals surface area contributed by atoms with Gasteiger partial charge in [-0.25, -0.2) is 4.98 Å². The van der Waals surface area contributed by atoms with Crippen LogP contribution in [0, 0.1) is 0 Å². The third kappa shape index (κ3) is 4.69. The summed E-state index contributed by atoms with van der Waals surface area (Å²) < 4.78 is 12.1. The molecule has 7 nitrogen and oxygen atoms in total. The summed E-state index contributed by atoms with van der Waals surface area (Å²) in [5.74, 6) is 0.661. The monoisotopic (exact) mass is 473 g/mol. The third-order valence-electron chi connectivity index (χ3n) is 5.46. The molecule has 1 aromatic carbocycles. The molecule has 1 aliphatic carbocycles. The number of rotatable bonds is 9. The van der Waals surface area contributed by atoms with E-state index in [1.807, 2.05) is 24.3 Å². The van der Waals surface area contributed by atoms with Gasteiger partial charge in [0.1, 0.15) is 10.6 Å². The lowest BCUT2D eigenvalue weighted by Crippen LogP contribution is -2.28. The normalized spacial score (nSPS) is 13.2. The number of methoxy groups -OCH3 is 2. The Kier molecular flexibility index (Phi) is 7.49. The van der Waals surface area contributed by atoms with Crippen molar-refractivity contribution >= 4 is 39.2 Å². The second-order valence-electron chi connectivity index (χ2n) is 7.58. The number of benzene rings is 1. The summed E-state index contributed by atoms with van der Waals surface area (Å²) in [6.07, 6.45) is 4.90. The van der Waals surface area contributed by atoms with E-state index in [9.17, 15) is 9.59 Å². The van der Waals surface area contributed by atoms with Gasteiger partial charge in [0, 0.05) is 25.1 Å². The minimum absolute atomic E-state index is 0.0955. The summed E-state index contributed by atoms with van der Waals surface area (Å²) in [7, 11) is 3.22. The first kappa shape index (κ1) is 22.8. The first-order valence-corrected chi connectivity index (χ1v) is 12.5. The lowest BCUT2D eigenvalue weighted by molar-refractivity contribution is -0.118. The van der Waals surface area contributed by atoms with Crippen LogP contribution in [-0.4, -0.2) is 48.6 Å². The number of aryl methyl sites for hydroxylation is 2. The van der Waals surface area contributed by atoms with Gasteiger partial charge < -0.3 is 14.8 Å². The van der Waals surface area contributed by atoms with E-state index in [0.29, 0.717) is 35.1 Å². The number of nitrogens with one attached hydrogen (secondary N) is 1. The Labute approximate surface area is 195 Å². The fraction of sp³-hybridized carbons (Fsp3) is 0.435. The van der Waals surface area contributed by atoms with Crippen LogP contribution in [0.5, 0.6) is 5.75 Å². The van der Waals surface area contributed by atoms with Crippen molar-refractivity contribution in [3.8, 4) is 11.4 Å². The molecule has 170 valence electrons. The van der Waals surface area contributed by atoms with Gasteiger partial charge in [0.2, 0.25) is 5.91 Å². The second kappa shape index (κ2) is 10.5. The average molecular weight is 474 g/mol. The highest BCUT2D eigenvalue weighted by Gasteiger charge is 2.24. The first-order valence-electron chi connectivity index (χ1n) is 10.7. The maximum absolute atomic E-state index is 13.8. The van der Waals surface area contributed by atoms with Gasteiger partial charge in [0.15, 0.2) is 5.16 Å². The minimum atomic E-state index is -0.0995. The number of carbonyl (C=O) groups is 1. The van der Waals surface area contributed by atoms with Crippen LogP contribution in [0.2, 0.25) is 0 Å². The number of nitrogens with zero attached hydrogens (tertiary/aromatic N) is 2. The molecule has 0 aliphatic heterocycles. The molecule has 1 aliphatic rings. The van der Waals surface area contributed by atoms with Crippen molar-refractivity contribution in [3.05, 3.63) is 45.1 Å². The van der Waals surface area contributed by atoms with Crippen LogP contribution < -0.4 is 15.6 Å². The van der Waals surface area contributed by atoms with Crippen molar-refractivity contribution in [2.45, 2.75) is 37.3 Å². The minimum Gasteiger partial charge on any atom is -0.495 e. The second-order valence-corrected chi connectivity index (χ2v) is 9.61. The van der Waals surface area contributed by atoms with E-state index in [4.69, 9.17) is 14.5 Å². The van der Waals surface area contributed by atoms with Crippen LogP contribution in [0.25, 0.3) is 15.9 Å². The number of amides is 1. The number of para-hydroxylation sites is 2. The first-order chi connectivity index (χ1) is 15.6. The molecule has 0 bridgehead atoms. The molecule has 2 aromatic heterocycles. The van der Waals surface area contributed by atoms with Gasteiger partial charge in [-0.2, -0.15) is 0 Å². The molecule has 4 rings (SSSR count). The number of thiophene rings is 1. The van der Waals surface area contributed by atoms with Crippen molar-refractivity contribution in [3.63, 3.8) is 0 Å². The summed E-state index contributed by atoms with van der Waals surface area (Å²) >= 11 is 2.88. The fourth-order valence-corrected chi connectivity index (χ4v) is 6.07. The summed E-state index contributed by atoms with van der Waals surface area (Å²) in [6, 6.07) is 7.41.